The third kappa shape index (κ3) is 2.00. The average Bonchev–Trinajstić information content (AvgIpc) is 2.87. The number of methoxy groups -OCH3 is 1. The zero-order chi connectivity index (χ0) is 16.6. The average molecular weight is 304 g/mol. The molecule has 23 heavy (non-hydrogen) atoms. The molecule has 3 rings (SSSR count). The molecule has 7 nitrogen and oxygen atoms in total. The van der Waals surface area contributed by atoms with Crippen LogP contribution < -0.4 is 10.7 Å². The molecule has 0 fully saturated rings. The molecule has 0 atom stereocenters. The smallest absolute Gasteiger partial charge is 0.350 e. The Morgan fingerprint density at radius 3 is 2.52 bits per heavy atom. The first-order valence-corrected chi connectivity index (χ1v) is 6.46. The van der Waals surface area contributed by atoms with E-state index >= 15 is 0 Å². The van der Waals surface area contributed by atoms with Gasteiger partial charge in [-0.25, -0.2) is 14.8 Å². The molecule has 7 heteroatoms. The second-order valence-corrected chi connectivity index (χ2v) is 4.60. The molecule has 0 radical (unpaired) electrons. The van der Waals surface area contributed by atoms with Gasteiger partial charge < -0.3 is 9.84 Å². The SMILES string of the molecule is COC(=O)C(C#N)=c1nc2c(nc1C#N)=C(O)c1ccccc1-2. The predicted octanol–water partition coefficient (Wildman–Crippen LogP) is -0.110. The van der Waals surface area contributed by atoms with E-state index in [0.717, 1.165) is 7.11 Å². The van der Waals surface area contributed by atoms with Gasteiger partial charge in [0.1, 0.15) is 28.5 Å². The molecule has 110 valence electrons. The number of nitriles is 2. The number of ether oxygens (including phenoxy) is 1. The van der Waals surface area contributed by atoms with Gasteiger partial charge in [-0.15, -0.1) is 0 Å². The Bertz CT molecular complexity index is 1060. The second kappa shape index (κ2) is 5.24. The summed E-state index contributed by atoms with van der Waals surface area (Å²) >= 11 is 0. The van der Waals surface area contributed by atoms with Crippen molar-refractivity contribution in [3.05, 3.63) is 46.2 Å². The van der Waals surface area contributed by atoms with E-state index in [2.05, 4.69) is 14.7 Å². The minimum atomic E-state index is -0.905. The van der Waals surface area contributed by atoms with Gasteiger partial charge in [0.05, 0.1) is 7.11 Å². The summed E-state index contributed by atoms with van der Waals surface area (Å²) in [4.78, 5) is 20.0. The van der Waals surface area contributed by atoms with Gasteiger partial charge in [-0.05, 0) is 0 Å². The van der Waals surface area contributed by atoms with Crippen molar-refractivity contribution in [3.8, 4) is 23.4 Å². The lowest BCUT2D eigenvalue weighted by atomic mass is 10.1. The van der Waals surface area contributed by atoms with Crippen molar-refractivity contribution in [3.63, 3.8) is 0 Å². The topological polar surface area (TPSA) is 120 Å². The molecule has 0 spiro atoms. The maximum atomic E-state index is 11.7. The summed E-state index contributed by atoms with van der Waals surface area (Å²) in [5.74, 6) is -1.000. The third-order valence-electron chi connectivity index (χ3n) is 3.40. The van der Waals surface area contributed by atoms with Crippen LogP contribution in [0.5, 0.6) is 0 Å². The van der Waals surface area contributed by atoms with E-state index in [1.807, 2.05) is 0 Å². The molecule has 0 saturated heterocycles. The van der Waals surface area contributed by atoms with Crippen molar-refractivity contribution in [1.82, 2.24) is 9.97 Å². The van der Waals surface area contributed by atoms with Crippen LogP contribution in [-0.2, 0) is 9.53 Å². The number of hydrogen-bond donors (Lipinski definition) is 1. The number of carbonyl (C=O) groups excluding carboxylic acids is 1. The van der Waals surface area contributed by atoms with Gasteiger partial charge in [0.25, 0.3) is 0 Å². The normalized spacial score (nSPS) is 12.6. The molecule has 0 aliphatic heterocycles. The van der Waals surface area contributed by atoms with Crippen LogP contribution in [0.1, 0.15) is 11.3 Å². The van der Waals surface area contributed by atoms with Crippen LogP contribution in [0, 0.1) is 22.7 Å². The van der Waals surface area contributed by atoms with Crippen LogP contribution in [0.4, 0.5) is 0 Å². The second-order valence-electron chi connectivity index (χ2n) is 4.60. The summed E-state index contributed by atoms with van der Waals surface area (Å²) in [6.45, 7) is 0. The van der Waals surface area contributed by atoms with Crippen molar-refractivity contribution in [1.29, 1.82) is 10.5 Å². The van der Waals surface area contributed by atoms with E-state index in [0.29, 0.717) is 16.8 Å². The van der Waals surface area contributed by atoms with Gasteiger partial charge >= 0.3 is 5.97 Å². The number of aliphatic hydroxyl groups excluding tert-OH is 1. The van der Waals surface area contributed by atoms with Gasteiger partial charge in [-0.3, -0.25) is 0 Å². The maximum Gasteiger partial charge on any atom is 0.350 e. The highest BCUT2D eigenvalue weighted by Gasteiger charge is 2.24. The molecular formula is C16H8N4O3. The van der Waals surface area contributed by atoms with Gasteiger partial charge in [-0.2, -0.15) is 10.5 Å². The fraction of sp³-hybridized carbons (Fsp3) is 0.0625. The first-order chi connectivity index (χ1) is 11.1. The Labute approximate surface area is 130 Å². The van der Waals surface area contributed by atoms with Crippen molar-refractivity contribution < 1.29 is 14.6 Å². The molecule has 1 aromatic carbocycles. The number of carbonyl (C=O) groups is 1. The summed E-state index contributed by atoms with van der Waals surface area (Å²) < 4.78 is 4.54. The molecule has 1 aliphatic rings. The van der Waals surface area contributed by atoms with Crippen molar-refractivity contribution in [2.45, 2.75) is 0 Å². The van der Waals surface area contributed by atoms with E-state index in [1.165, 1.54) is 0 Å². The van der Waals surface area contributed by atoms with Gasteiger partial charge in [0.2, 0.25) is 0 Å². The molecule has 1 N–H and O–H groups in total. The van der Waals surface area contributed by atoms with Crippen molar-refractivity contribution in [2.24, 2.45) is 0 Å². The van der Waals surface area contributed by atoms with Crippen molar-refractivity contribution in [2.75, 3.05) is 7.11 Å². The Balaban J connectivity index is 2.49. The maximum absolute atomic E-state index is 11.7. The molecule has 0 bridgehead atoms. The van der Waals surface area contributed by atoms with E-state index in [9.17, 15) is 20.4 Å². The van der Waals surface area contributed by atoms with Crippen LogP contribution in [0.25, 0.3) is 22.6 Å². The lowest BCUT2D eigenvalue weighted by molar-refractivity contribution is -0.133. The fourth-order valence-corrected chi connectivity index (χ4v) is 2.36. The highest BCUT2D eigenvalue weighted by Crippen LogP contribution is 2.27. The molecule has 1 aliphatic carbocycles. The van der Waals surface area contributed by atoms with Crippen LogP contribution >= 0.6 is 0 Å². The summed E-state index contributed by atoms with van der Waals surface area (Å²) in [6.07, 6.45) is 0. The molecule has 1 aromatic heterocycles. The Morgan fingerprint density at radius 1 is 1.22 bits per heavy atom. The number of hydrogen-bond acceptors (Lipinski definition) is 7. The Morgan fingerprint density at radius 2 is 1.91 bits per heavy atom. The minimum Gasteiger partial charge on any atom is -0.505 e. The van der Waals surface area contributed by atoms with E-state index < -0.39 is 11.5 Å². The zero-order valence-corrected chi connectivity index (χ0v) is 11.9. The molecule has 0 amide bonds. The number of fused-ring (bicyclic) bond motifs is 3. The number of rotatable bonds is 1. The first kappa shape index (κ1) is 14.2. The zero-order valence-electron chi connectivity index (χ0n) is 11.9. The number of aliphatic hydroxyl groups is 1. The number of benzene rings is 1. The highest BCUT2D eigenvalue weighted by molar-refractivity contribution is 6.15. The molecule has 0 unspecified atom stereocenters. The number of esters is 1. The van der Waals surface area contributed by atoms with Gasteiger partial charge in [0, 0.05) is 11.1 Å². The van der Waals surface area contributed by atoms with Crippen LogP contribution in [0.15, 0.2) is 24.3 Å². The lowest BCUT2D eigenvalue weighted by Crippen LogP contribution is -2.28. The van der Waals surface area contributed by atoms with E-state index in [1.54, 1.807) is 36.4 Å². The monoisotopic (exact) mass is 304 g/mol. The first-order valence-electron chi connectivity index (χ1n) is 6.46. The fourth-order valence-electron chi connectivity index (χ4n) is 2.36. The van der Waals surface area contributed by atoms with Crippen LogP contribution in [-0.4, -0.2) is 28.2 Å². The molecule has 2 aromatic rings. The van der Waals surface area contributed by atoms with E-state index in [4.69, 9.17) is 0 Å². The highest BCUT2D eigenvalue weighted by atomic mass is 16.5. The largest absolute Gasteiger partial charge is 0.505 e. The van der Waals surface area contributed by atoms with Crippen LogP contribution in [0.3, 0.4) is 0 Å². The molecule has 0 saturated carbocycles. The number of aromatic nitrogens is 2. The summed E-state index contributed by atoms with van der Waals surface area (Å²) in [6, 6.07) is 10.4. The predicted molar refractivity (Wildman–Crippen MR) is 77.6 cm³/mol. The van der Waals surface area contributed by atoms with Gasteiger partial charge in [-0.1, -0.05) is 24.3 Å². The summed E-state index contributed by atoms with van der Waals surface area (Å²) in [5.41, 5.74) is 0.803. The quantitative estimate of drug-likeness (QED) is 0.730. The van der Waals surface area contributed by atoms with Gasteiger partial charge in [0.15, 0.2) is 17.0 Å². The lowest BCUT2D eigenvalue weighted by Gasteiger charge is -2.01. The molecular weight excluding hydrogens is 296 g/mol. The summed E-state index contributed by atoms with van der Waals surface area (Å²) in [7, 11) is 1.13. The van der Waals surface area contributed by atoms with Crippen LogP contribution in [0.2, 0.25) is 0 Å². The minimum absolute atomic E-state index is 0.0947. The van der Waals surface area contributed by atoms with E-state index in [-0.39, 0.29) is 22.2 Å². The Kier molecular flexibility index (Phi) is 3.25. The number of nitrogens with zero attached hydrogens (tertiary/aromatic N) is 4. The molecule has 1 heterocycles. The third-order valence-corrected chi connectivity index (χ3v) is 3.40. The summed E-state index contributed by atoms with van der Waals surface area (Å²) in [5, 5.41) is 28.6. The van der Waals surface area contributed by atoms with Crippen molar-refractivity contribution >= 4 is 17.3 Å². The Hall–Kier alpha value is -3.71. The standard InChI is InChI=1S/C16H8N4O3/c1-23-16(22)10(6-17)12-11(7-18)19-14-13(20-12)8-4-2-3-5-9(8)15(14)21/h2-5,21H,1H3.